The van der Waals surface area contributed by atoms with Crippen molar-refractivity contribution in [3.8, 4) is 0 Å². The summed E-state index contributed by atoms with van der Waals surface area (Å²) in [6, 6.07) is 8.36. The van der Waals surface area contributed by atoms with Gasteiger partial charge in [-0.2, -0.15) is 0 Å². The van der Waals surface area contributed by atoms with Gasteiger partial charge in [0.15, 0.2) is 0 Å². The van der Waals surface area contributed by atoms with Crippen molar-refractivity contribution in [2.24, 2.45) is 0 Å². The molecule has 0 atom stereocenters. The molecule has 0 aliphatic rings. The first-order chi connectivity index (χ1) is 6.65. The number of benzene rings is 1. The number of aryl methyl sites for hydroxylation is 1. The molecule has 0 heterocycles. The molecule has 1 aromatic rings. The average molecular weight is 189 g/mol. The lowest BCUT2D eigenvalue weighted by molar-refractivity contribution is 1.05. The Morgan fingerprint density at radius 3 is 2.43 bits per heavy atom. The van der Waals surface area contributed by atoms with E-state index in [1.165, 1.54) is 22.5 Å². The number of nitrogens with one attached hydrogen (secondary N) is 1. The second-order valence-corrected chi connectivity index (χ2v) is 3.70. The summed E-state index contributed by atoms with van der Waals surface area (Å²) in [5.74, 6) is 0. The van der Waals surface area contributed by atoms with Gasteiger partial charge in [0.2, 0.25) is 0 Å². The Hall–Kier alpha value is -1.24. The number of rotatable bonds is 3. The lowest BCUT2D eigenvalue weighted by atomic mass is 10.1. The molecule has 76 valence electrons. The molecule has 0 saturated carbocycles. The first-order valence-electron chi connectivity index (χ1n) is 5.14. The van der Waals surface area contributed by atoms with E-state index in [2.05, 4.69) is 57.3 Å². The summed E-state index contributed by atoms with van der Waals surface area (Å²) in [5.41, 5.74) is 5.17. The minimum Gasteiger partial charge on any atom is -0.359 e. The molecule has 0 aliphatic carbocycles. The smallest absolute Gasteiger partial charge is 0.0411 e. The molecule has 0 unspecified atom stereocenters. The molecular weight excluding hydrogens is 170 g/mol. The maximum atomic E-state index is 3.44. The molecule has 0 bridgehead atoms. The van der Waals surface area contributed by atoms with Crippen molar-refractivity contribution in [1.29, 1.82) is 0 Å². The topological polar surface area (TPSA) is 12.0 Å². The minimum absolute atomic E-state index is 1.10. The number of allylic oxidation sites excluding steroid dienone is 2. The molecule has 1 aromatic carbocycles. The monoisotopic (exact) mass is 189 g/mol. The predicted octanol–water partition coefficient (Wildman–Crippen LogP) is 4.11. The SMILES string of the molecule is CC/C(C)=C(\C)Nc1ccccc1C. The standard InChI is InChI=1S/C13H19N/c1-5-10(2)12(4)14-13-9-7-6-8-11(13)3/h6-9,14H,5H2,1-4H3/b12-10+. The van der Waals surface area contributed by atoms with Crippen molar-refractivity contribution in [2.45, 2.75) is 34.1 Å². The normalized spacial score (nSPS) is 12.3. The zero-order chi connectivity index (χ0) is 10.6. The van der Waals surface area contributed by atoms with E-state index >= 15 is 0 Å². The second kappa shape index (κ2) is 4.85. The number of para-hydroxylation sites is 1. The second-order valence-electron chi connectivity index (χ2n) is 3.70. The van der Waals surface area contributed by atoms with E-state index in [1.54, 1.807) is 0 Å². The fraction of sp³-hybridized carbons (Fsp3) is 0.385. The minimum atomic E-state index is 1.10. The molecule has 1 heteroatoms. The van der Waals surface area contributed by atoms with E-state index < -0.39 is 0 Å². The summed E-state index contributed by atoms with van der Waals surface area (Å²) in [6.07, 6.45) is 1.10. The van der Waals surface area contributed by atoms with Crippen LogP contribution in [-0.2, 0) is 0 Å². The molecule has 0 aliphatic heterocycles. The van der Waals surface area contributed by atoms with E-state index in [0.29, 0.717) is 0 Å². The van der Waals surface area contributed by atoms with E-state index in [9.17, 15) is 0 Å². The van der Waals surface area contributed by atoms with Crippen molar-refractivity contribution < 1.29 is 0 Å². The predicted molar refractivity (Wildman–Crippen MR) is 63.5 cm³/mol. The van der Waals surface area contributed by atoms with Gasteiger partial charge in [0.25, 0.3) is 0 Å². The summed E-state index contributed by atoms with van der Waals surface area (Å²) in [7, 11) is 0. The van der Waals surface area contributed by atoms with Crippen LogP contribution < -0.4 is 5.32 Å². The highest BCUT2D eigenvalue weighted by molar-refractivity contribution is 5.54. The molecule has 1 rings (SSSR count). The van der Waals surface area contributed by atoms with Gasteiger partial charge >= 0.3 is 0 Å². The summed E-state index contributed by atoms with van der Waals surface area (Å²) in [6.45, 7) is 8.60. The Kier molecular flexibility index (Phi) is 3.75. The summed E-state index contributed by atoms with van der Waals surface area (Å²) in [5, 5.41) is 3.44. The van der Waals surface area contributed by atoms with Crippen molar-refractivity contribution in [3.63, 3.8) is 0 Å². The average Bonchev–Trinajstić information content (AvgIpc) is 2.20. The van der Waals surface area contributed by atoms with Gasteiger partial charge in [-0.3, -0.25) is 0 Å². The van der Waals surface area contributed by atoms with Gasteiger partial charge < -0.3 is 5.32 Å². The van der Waals surface area contributed by atoms with E-state index in [0.717, 1.165) is 6.42 Å². The third-order valence-corrected chi connectivity index (χ3v) is 2.64. The molecule has 0 spiro atoms. The zero-order valence-corrected chi connectivity index (χ0v) is 9.52. The van der Waals surface area contributed by atoms with Crippen molar-refractivity contribution in [3.05, 3.63) is 41.1 Å². The van der Waals surface area contributed by atoms with Gasteiger partial charge in [-0.1, -0.05) is 30.7 Å². The maximum absolute atomic E-state index is 3.44. The molecule has 14 heavy (non-hydrogen) atoms. The molecule has 0 aromatic heterocycles. The molecule has 0 saturated heterocycles. The molecule has 0 fully saturated rings. The van der Waals surface area contributed by atoms with Crippen molar-refractivity contribution in [2.75, 3.05) is 5.32 Å². The molecular formula is C13H19N. The van der Waals surface area contributed by atoms with Crippen LogP contribution in [0.3, 0.4) is 0 Å². The Labute approximate surface area is 86.8 Å². The highest BCUT2D eigenvalue weighted by Gasteiger charge is 1.98. The quantitative estimate of drug-likeness (QED) is 0.754. The van der Waals surface area contributed by atoms with Gasteiger partial charge in [-0.05, 0) is 38.8 Å². The van der Waals surface area contributed by atoms with Crippen LogP contribution >= 0.6 is 0 Å². The van der Waals surface area contributed by atoms with E-state index in [1.807, 2.05) is 0 Å². The summed E-state index contributed by atoms with van der Waals surface area (Å²) in [4.78, 5) is 0. The largest absolute Gasteiger partial charge is 0.359 e. The lowest BCUT2D eigenvalue weighted by Gasteiger charge is -2.11. The molecule has 0 amide bonds. The summed E-state index contributed by atoms with van der Waals surface area (Å²) >= 11 is 0. The first-order valence-corrected chi connectivity index (χ1v) is 5.14. The van der Waals surface area contributed by atoms with Gasteiger partial charge in [-0.25, -0.2) is 0 Å². The maximum Gasteiger partial charge on any atom is 0.0411 e. The van der Waals surface area contributed by atoms with Gasteiger partial charge in [-0.15, -0.1) is 0 Å². The molecule has 1 N–H and O–H groups in total. The Morgan fingerprint density at radius 2 is 1.86 bits per heavy atom. The Morgan fingerprint density at radius 1 is 1.21 bits per heavy atom. The number of anilines is 1. The van der Waals surface area contributed by atoms with E-state index in [-0.39, 0.29) is 0 Å². The fourth-order valence-corrected chi connectivity index (χ4v) is 1.29. The Bertz CT molecular complexity index is 337. The van der Waals surface area contributed by atoms with Crippen LogP contribution in [0.2, 0.25) is 0 Å². The van der Waals surface area contributed by atoms with E-state index in [4.69, 9.17) is 0 Å². The van der Waals surface area contributed by atoms with Crippen LogP contribution in [0.15, 0.2) is 35.5 Å². The number of hydrogen-bond donors (Lipinski definition) is 1. The van der Waals surface area contributed by atoms with Crippen LogP contribution in [0.25, 0.3) is 0 Å². The van der Waals surface area contributed by atoms with Crippen LogP contribution in [0, 0.1) is 6.92 Å². The van der Waals surface area contributed by atoms with Gasteiger partial charge in [0, 0.05) is 11.4 Å². The van der Waals surface area contributed by atoms with Crippen LogP contribution in [0.4, 0.5) is 5.69 Å². The first kappa shape index (κ1) is 10.8. The van der Waals surface area contributed by atoms with Gasteiger partial charge in [0.05, 0.1) is 0 Å². The number of hydrogen-bond acceptors (Lipinski definition) is 1. The summed E-state index contributed by atoms with van der Waals surface area (Å²) < 4.78 is 0. The zero-order valence-electron chi connectivity index (χ0n) is 9.52. The molecule has 0 radical (unpaired) electrons. The highest BCUT2D eigenvalue weighted by atomic mass is 14.9. The van der Waals surface area contributed by atoms with Crippen LogP contribution in [0.1, 0.15) is 32.8 Å². The van der Waals surface area contributed by atoms with Crippen LogP contribution in [0.5, 0.6) is 0 Å². The highest BCUT2D eigenvalue weighted by Crippen LogP contribution is 2.17. The lowest BCUT2D eigenvalue weighted by Crippen LogP contribution is -1.99. The Balaban J connectivity index is 2.85. The van der Waals surface area contributed by atoms with Gasteiger partial charge in [0.1, 0.15) is 0 Å². The third-order valence-electron chi connectivity index (χ3n) is 2.64. The van der Waals surface area contributed by atoms with Crippen LogP contribution in [-0.4, -0.2) is 0 Å². The molecule has 1 nitrogen and oxygen atoms in total. The van der Waals surface area contributed by atoms with Crippen molar-refractivity contribution in [1.82, 2.24) is 0 Å². The third kappa shape index (κ3) is 2.63. The van der Waals surface area contributed by atoms with Crippen molar-refractivity contribution >= 4 is 5.69 Å². The fourth-order valence-electron chi connectivity index (χ4n) is 1.29.